The summed E-state index contributed by atoms with van der Waals surface area (Å²) in [6, 6.07) is 9.00. The molecule has 0 amide bonds. The van der Waals surface area contributed by atoms with Gasteiger partial charge in [0.05, 0.1) is 19.1 Å². The summed E-state index contributed by atoms with van der Waals surface area (Å²) in [5.74, 6) is 1.34. The molecule has 2 aromatic carbocycles. The van der Waals surface area contributed by atoms with E-state index in [0.717, 1.165) is 35.4 Å². The number of fused-ring (bicyclic) bond motifs is 1. The average molecular weight is 490 g/mol. The summed E-state index contributed by atoms with van der Waals surface area (Å²) in [4.78, 5) is 0.716. The molecule has 1 heterocycles. The van der Waals surface area contributed by atoms with E-state index in [-0.39, 0.29) is 4.90 Å². The highest BCUT2D eigenvalue weighted by Gasteiger charge is 2.23. The summed E-state index contributed by atoms with van der Waals surface area (Å²) in [5.41, 5.74) is 4.58. The van der Waals surface area contributed by atoms with E-state index < -0.39 is 10.0 Å². The first-order chi connectivity index (χ1) is 15.7. The van der Waals surface area contributed by atoms with Gasteiger partial charge in [0.25, 0.3) is 0 Å². The van der Waals surface area contributed by atoms with Gasteiger partial charge in [-0.15, -0.1) is 0 Å². The maximum Gasteiger partial charge on any atom is 0.243 e. The molecule has 0 radical (unpaired) electrons. The third kappa shape index (κ3) is 5.31. The zero-order valence-corrected chi connectivity index (χ0v) is 21.3. The van der Waals surface area contributed by atoms with Crippen LogP contribution in [-0.4, -0.2) is 51.6 Å². The van der Waals surface area contributed by atoms with E-state index in [0.29, 0.717) is 35.3 Å². The molecule has 0 bridgehead atoms. The number of rotatable bonds is 8. The van der Waals surface area contributed by atoms with Crippen LogP contribution in [0.25, 0.3) is 5.70 Å². The van der Waals surface area contributed by atoms with Gasteiger partial charge < -0.3 is 20.1 Å². The predicted octanol–water partition coefficient (Wildman–Crippen LogP) is 3.97. The molecule has 0 spiro atoms. The van der Waals surface area contributed by atoms with Crippen molar-refractivity contribution in [2.45, 2.75) is 32.1 Å². The van der Waals surface area contributed by atoms with Crippen molar-refractivity contribution >= 4 is 38.6 Å². The van der Waals surface area contributed by atoms with Gasteiger partial charge in [-0.3, -0.25) is 0 Å². The molecule has 0 atom stereocenters. The van der Waals surface area contributed by atoms with E-state index in [1.165, 1.54) is 4.31 Å². The minimum Gasteiger partial charge on any atom is -0.493 e. The summed E-state index contributed by atoms with van der Waals surface area (Å²) in [7, 11) is -0.329. The Morgan fingerprint density at radius 2 is 1.82 bits per heavy atom. The number of methoxy groups -OCH3 is 2. The lowest BCUT2D eigenvalue weighted by Gasteiger charge is -2.23. The third-order valence-corrected chi connectivity index (χ3v) is 7.96. The molecule has 0 aliphatic carbocycles. The summed E-state index contributed by atoms with van der Waals surface area (Å²) < 4.78 is 38.2. The van der Waals surface area contributed by atoms with Gasteiger partial charge in [-0.1, -0.05) is 32.1 Å². The minimum absolute atomic E-state index is 0.243. The number of ether oxygens (including phenoxy) is 2. The first-order valence-electron chi connectivity index (χ1n) is 10.9. The second-order valence-corrected chi connectivity index (χ2v) is 10.0. The highest BCUT2D eigenvalue weighted by molar-refractivity contribution is 7.89. The first kappa shape index (κ1) is 25.0. The Hall–Kier alpha value is -2.62. The van der Waals surface area contributed by atoms with Gasteiger partial charge in [-0.2, -0.15) is 4.31 Å². The second-order valence-electron chi connectivity index (χ2n) is 7.65. The van der Waals surface area contributed by atoms with Crippen molar-refractivity contribution in [2.75, 3.05) is 39.2 Å². The molecule has 2 N–H and O–H groups in total. The van der Waals surface area contributed by atoms with Crippen molar-refractivity contribution in [3.63, 3.8) is 0 Å². The number of sulfonamides is 1. The lowest BCUT2D eigenvalue weighted by Crippen LogP contribution is -2.30. The number of anilines is 1. The molecular formula is C24H31N3O4S2. The van der Waals surface area contributed by atoms with E-state index in [9.17, 15) is 8.42 Å². The second kappa shape index (κ2) is 10.5. The minimum atomic E-state index is -3.56. The van der Waals surface area contributed by atoms with Gasteiger partial charge in [0.2, 0.25) is 10.0 Å². The maximum atomic E-state index is 12.9. The Morgan fingerprint density at radius 3 is 2.45 bits per heavy atom. The molecule has 7 nitrogen and oxygen atoms in total. The van der Waals surface area contributed by atoms with E-state index in [2.05, 4.69) is 10.6 Å². The van der Waals surface area contributed by atoms with Crippen LogP contribution in [0.5, 0.6) is 11.5 Å². The van der Waals surface area contributed by atoms with Gasteiger partial charge >= 0.3 is 0 Å². The van der Waals surface area contributed by atoms with E-state index >= 15 is 0 Å². The highest BCUT2D eigenvalue weighted by Crippen LogP contribution is 2.35. The lowest BCUT2D eigenvalue weighted by molar-refractivity contribution is 0.354. The highest BCUT2D eigenvalue weighted by atomic mass is 32.2. The summed E-state index contributed by atoms with van der Waals surface area (Å²) in [6.45, 7) is 7.17. The zero-order valence-electron chi connectivity index (χ0n) is 19.7. The number of benzene rings is 2. The van der Waals surface area contributed by atoms with Crippen molar-refractivity contribution < 1.29 is 17.9 Å². The van der Waals surface area contributed by atoms with Crippen LogP contribution >= 0.6 is 12.2 Å². The predicted molar refractivity (Wildman–Crippen MR) is 137 cm³/mol. The number of thiocarbonyl (C=S) groups is 1. The van der Waals surface area contributed by atoms with Crippen LogP contribution in [-0.2, 0) is 16.4 Å². The molecule has 0 saturated carbocycles. The zero-order chi connectivity index (χ0) is 24.2. The van der Waals surface area contributed by atoms with Gasteiger partial charge in [0, 0.05) is 36.6 Å². The lowest BCUT2D eigenvalue weighted by atomic mass is 9.97. The fraction of sp³-hybridized carbons (Fsp3) is 0.375. The summed E-state index contributed by atoms with van der Waals surface area (Å²) in [5, 5.41) is 6.60. The van der Waals surface area contributed by atoms with Crippen molar-refractivity contribution in [3.8, 4) is 11.5 Å². The van der Waals surface area contributed by atoms with Crippen molar-refractivity contribution in [3.05, 3.63) is 53.1 Å². The van der Waals surface area contributed by atoms with Crippen LogP contribution in [0.4, 0.5) is 5.69 Å². The smallest absolute Gasteiger partial charge is 0.243 e. The third-order valence-electron chi connectivity index (χ3n) is 5.69. The van der Waals surface area contributed by atoms with E-state index in [1.54, 1.807) is 32.4 Å². The molecule has 3 rings (SSSR count). The van der Waals surface area contributed by atoms with Gasteiger partial charge in [0.1, 0.15) is 4.99 Å². The number of hydrogen-bond donors (Lipinski definition) is 2. The summed E-state index contributed by atoms with van der Waals surface area (Å²) in [6.07, 6.45) is 2.71. The molecule has 0 fully saturated rings. The largest absolute Gasteiger partial charge is 0.493 e. The fourth-order valence-electron chi connectivity index (χ4n) is 3.84. The number of nitrogens with one attached hydrogen (secondary N) is 2. The Kier molecular flexibility index (Phi) is 7.99. The fourth-order valence-corrected chi connectivity index (χ4v) is 5.56. The van der Waals surface area contributed by atoms with Crippen molar-refractivity contribution in [2.24, 2.45) is 0 Å². The average Bonchev–Trinajstić information content (AvgIpc) is 2.80. The van der Waals surface area contributed by atoms with Crippen LogP contribution in [0, 0.1) is 6.92 Å². The van der Waals surface area contributed by atoms with Crippen LogP contribution < -0.4 is 20.1 Å². The molecule has 1 aliphatic rings. The maximum absolute atomic E-state index is 12.9. The van der Waals surface area contributed by atoms with Crippen LogP contribution in [0.3, 0.4) is 0 Å². The molecule has 178 valence electrons. The van der Waals surface area contributed by atoms with Crippen LogP contribution in [0.1, 0.15) is 30.5 Å². The molecular weight excluding hydrogens is 458 g/mol. The first-order valence-corrected chi connectivity index (χ1v) is 12.7. The van der Waals surface area contributed by atoms with Gasteiger partial charge in [-0.05, 0) is 54.8 Å². The standard InChI is InChI=1S/C24H31N3O4S2/c1-6-27(7-2)33(28,29)18-9-8-16(3)20(13-18)26-24(32)15-21-19-14-23(31-5)22(30-4)12-17(19)10-11-25-21/h8-9,12-15,25H,6-7,10-11H2,1-5H3,(H,26,32)/b21-15-. The van der Waals surface area contributed by atoms with E-state index in [4.69, 9.17) is 21.7 Å². The SMILES string of the molecule is CCN(CC)S(=O)(=O)c1ccc(C)c(NC(=S)/C=C2\NCCc3cc(OC)c(OC)cc32)c1. The molecule has 0 aromatic heterocycles. The van der Waals surface area contributed by atoms with Crippen LogP contribution in [0.2, 0.25) is 0 Å². The molecule has 1 aliphatic heterocycles. The molecule has 9 heteroatoms. The van der Waals surface area contributed by atoms with Crippen molar-refractivity contribution in [1.29, 1.82) is 0 Å². The Labute approximate surface area is 201 Å². The van der Waals surface area contributed by atoms with Crippen molar-refractivity contribution in [1.82, 2.24) is 9.62 Å². The monoisotopic (exact) mass is 489 g/mol. The topological polar surface area (TPSA) is 79.9 Å². The molecule has 33 heavy (non-hydrogen) atoms. The van der Waals surface area contributed by atoms with Gasteiger partial charge in [0.15, 0.2) is 11.5 Å². The Bertz CT molecular complexity index is 1170. The Morgan fingerprint density at radius 1 is 1.15 bits per heavy atom. The number of nitrogens with zero attached hydrogens (tertiary/aromatic N) is 1. The Balaban J connectivity index is 1.91. The normalized spacial score (nSPS) is 14.5. The van der Waals surface area contributed by atoms with E-state index in [1.807, 2.05) is 39.0 Å². The van der Waals surface area contributed by atoms with Gasteiger partial charge in [-0.25, -0.2) is 8.42 Å². The summed E-state index contributed by atoms with van der Waals surface area (Å²) >= 11 is 5.61. The molecule has 2 aromatic rings. The number of hydrogen-bond acceptors (Lipinski definition) is 6. The molecule has 0 unspecified atom stereocenters. The van der Waals surface area contributed by atoms with Crippen LogP contribution in [0.15, 0.2) is 41.3 Å². The quantitative estimate of drug-likeness (QED) is 0.429. The number of aryl methyl sites for hydroxylation is 1. The molecule has 0 saturated heterocycles.